The number of hydrogen-bond acceptors (Lipinski definition) is 3. The van der Waals surface area contributed by atoms with Crippen molar-refractivity contribution in [3.05, 3.63) is 46.8 Å². The van der Waals surface area contributed by atoms with Crippen molar-refractivity contribution in [2.75, 3.05) is 7.05 Å². The SMILES string of the molecule is CN=C(NCc1ccc(-n2nc(C)cc2C)cc1C(F)(F)F)NC1CC2CCC1O2.I. The van der Waals surface area contributed by atoms with Gasteiger partial charge in [0, 0.05) is 19.3 Å². The zero-order chi connectivity index (χ0) is 21.5. The highest BCUT2D eigenvalue weighted by molar-refractivity contribution is 14.0. The van der Waals surface area contributed by atoms with Crippen LogP contribution in [0.5, 0.6) is 0 Å². The standard InChI is InChI=1S/C21H26F3N5O.HI/c1-12-8-13(2)29(28-12)15-5-4-14(17(9-15)21(22,23)24)11-26-20(25-3)27-18-10-16-6-7-19(18)30-16;/h4-5,8-9,16,18-19H,6-7,10-11H2,1-3H3,(H2,25,26,27);1H. The Morgan fingerprint density at radius 1 is 1.26 bits per heavy atom. The normalized spacial score (nSPS) is 23.0. The third kappa shape index (κ3) is 5.16. The fourth-order valence-electron chi connectivity index (χ4n) is 4.34. The molecule has 1 aromatic heterocycles. The number of hydrogen-bond donors (Lipinski definition) is 2. The predicted molar refractivity (Wildman–Crippen MR) is 123 cm³/mol. The Morgan fingerprint density at radius 2 is 2.03 bits per heavy atom. The lowest BCUT2D eigenvalue weighted by Gasteiger charge is -2.23. The summed E-state index contributed by atoms with van der Waals surface area (Å²) in [5.41, 5.74) is 1.40. The number of rotatable bonds is 4. The summed E-state index contributed by atoms with van der Waals surface area (Å²) in [6.45, 7) is 3.64. The van der Waals surface area contributed by atoms with Crippen LogP contribution in [0.2, 0.25) is 0 Å². The van der Waals surface area contributed by atoms with Crippen molar-refractivity contribution in [3.63, 3.8) is 0 Å². The Kier molecular flexibility index (Phi) is 7.19. The molecule has 0 aliphatic carbocycles. The number of fused-ring (bicyclic) bond motifs is 2. The van der Waals surface area contributed by atoms with Crippen LogP contribution in [0.25, 0.3) is 5.69 Å². The summed E-state index contributed by atoms with van der Waals surface area (Å²) in [4.78, 5) is 4.17. The Bertz CT molecular complexity index is 959. The molecule has 3 heterocycles. The number of benzene rings is 1. The molecule has 2 aliphatic rings. The number of aryl methyl sites for hydroxylation is 2. The second-order valence-corrected chi connectivity index (χ2v) is 7.96. The number of halogens is 4. The summed E-state index contributed by atoms with van der Waals surface area (Å²) < 4.78 is 48.6. The Balaban J connectivity index is 0.00000272. The molecule has 2 saturated heterocycles. The zero-order valence-corrected chi connectivity index (χ0v) is 20.0. The van der Waals surface area contributed by atoms with Gasteiger partial charge in [-0.3, -0.25) is 4.99 Å². The van der Waals surface area contributed by atoms with Crippen LogP contribution < -0.4 is 10.6 Å². The molecule has 1 aromatic carbocycles. The molecule has 2 bridgehead atoms. The first-order valence-electron chi connectivity index (χ1n) is 10.1. The molecule has 2 aliphatic heterocycles. The van der Waals surface area contributed by atoms with Crippen LogP contribution in [0, 0.1) is 13.8 Å². The van der Waals surface area contributed by atoms with Crippen molar-refractivity contribution in [3.8, 4) is 5.69 Å². The molecule has 0 radical (unpaired) electrons. The first-order valence-corrected chi connectivity index (χ1v) is 10.1. The number of aliphatic imine (C=N–C) groups is 1. The largest absolute Gasteiger partial charge is 0.416 e. The van der Waals surface area contributed by atoms with E-state index in [0.29, 0.717) is 11.6 Å². The molecule has 31 heavy (non-hydrogen) atoms. The van der Waals surface area contributed by atoms with E-state index in [4.69, 9.17) is 4.74 Å². The van der Waals surface area contributed by atoms with E-state index in [1.54, 1.807) is 13.1 Å². The van der Waals surface area contributed by atoms with Gasteiger partial charge in [0.1, 0.15) is 0 Å². The van der Waals surface area contributed by atoms with Gasteiger partial charge in [0.15, 0.2) is 5.96 Å². The van der Waals surface area contributed by atoms with E-state index in [-0.39, 0.29) is 54.3 Å². The van der Waals surface area contributed by atoms with Crippen molar-refractivity contribution in [1.29, 1.82) is 0 Å². The minimum Gasteiger partial charge on any atom is -0.373 e. The van der Waals surface area contributed by atoms with Gasteiger partial charge in [-0.15, -0.1) is 24.0 Å². The minimum atomic E-state index is -4.47. The Labute approximate surface area is 196 Å². The van der Waals surface area contributed by atoms with Gasteiger partial charge in [-0.05, 0) is 56.9 Å². The monoisotopic (exact) mass is 549 g/mol. The Morgan fingerprint density at radius 3 is 2.58 bits per heavy atom. The van der Waals surface area contributed by atoms with Gasteiger partial charge in [-0.1, -0.05) is 6.07 Å². The number of nitrogens with zero attached hydrogens (tertiary/aromatic N) is 3. The number of aromatic nitrogens is 2. The quantitative estimate of drug-likeness (QED) is 0.343. The molecule has 0 spiro atoms. The third-order valence-corrected chi connectivity index (χ3v) is 5.75. The van der Waals surface area contributed by atoms with E-state index in [1.807, 2.05) is 19.9 Å². The average molecular weight is 549 g/mol. The molecule has 3 unspecified atom stereocenters. The molecular formula is C21H27F3IN5O. The van der Waals surface area contributed by atoms with E-state index in [1.165, 1.54) is 10.7 Å². The van der Waals surface area contributed by atoms with E-state index in [0.717, 1.165) is 36.7 Å². The maximum Gasteiger partial charge on any atom is 0.416 e. The predicted octanol–water partition coefficient (Wildman–Crippen LogP) is 4.11. The van der Waals surface area contributed by atoms with Gasteiger partial charge in [0.2, 0.25) is 0 Å². The molecule has 4 rings (SSSR count). The average Bonchev–Trinajstić information content (AvgIpc) is 3.39. The lowest BCUT2D eigenvalue weighted by molar-refractivity contribution is -0.138. The number of alkyl halides is 3. The van der Waals surface area contributed by atoms with Gasteiger partial charge >= 0.3 is 6.18 Å². The summed E-state index contributed by atoms with van der Waals surface area (Å²) in [5, 5.41) is 10.6. The van der Waals surface area contributed by atoms with Crippen molar-refractivity contribution in [2.45, 2.75) is 64.1 Å². The maximum atomic E-state index is 13.8. The van der Waals surface area contributed by atoms with E-state index < -0.39 is 11.7 Å². The van der Waals surface area contributed by atoms with Crippen molar-refractivity contribution >= 4 is 29.9 Å². The smallest absolute Gasteiger partial charge is 0.373 e. The summed E-state index contributed by atoms with van der Waals surface area (Å²) >= 11 is 0. The van der Waals surface area contributed by atoms with Gasteiger partial charge in [-0.2, -0.15) is 18.3 Å². The van der Waals surface area contributed by atoms with Crippen LogP contribution >= 0.6 is 24.0 Å². The van der Waals surface area contributed by atoms with E-state index in [9.17, 15) is 13.2 Å². The number of ether oxygens (including phenoxy) is 1. The van der Waals surface area contributed by atoms with Crippen molar-refractivity contribution in [2.24, 2.45) is 4.99 Å². The maximum absolute atomic E-state index is 13.8. The highest BCUT2D eigenvalue weighted by Crippen LogP contribution is 2.35. The molecule has 2 N–H and O–H groups in total. The molecule has 10 heteroatoms. The second kappa shape index (κ2) is 9.35. The van der Waals surface area contributed by atoms with Crippen LogP contribution in [-0.4, -0.2) is 41.0 Å². The summed E-state index contributed by atoms with van der Waals surface area (Å²) in [7, 11) is 1.61. The van der Waals surface area contributed by atoms with Crippen LogP contribution in [0.4, 0.5) is 13.2 Å². The third-order valence-electron chi connectivity index (χ3n) is 5.75. The van der Waals surface area contributed by atoms with Gasteiger partial charge < -0.3 is 15.4 Å². The molecule has 2 aromatic rings. The summed E-state index contributed by atoms with van der Waals surface area (Å²) in [6.07, 6.45) is -1.06. The van der Waals surface area contributed by atoms with Crippen molar-refractivity contribution < 1.29 is 17.9 Å². The topological polar surface area (TPSA) is 63.5 Å². The lowest BCUT2D eigenvalue weighted by atomic mass is 9.96. The Hall–Kier alpha value is -1.82. The van der Waals surface area contributed by atoms with Crippen LogP contribution in [0.1, 0.15) is 41.8 Å². The van der Waals surface area contributed by atoms with Crippen LogP contribution in [0.15, 0.2) is 29.3 Å². The fraction of sp³-hybridized carbons (Fsp3) is 0.524. The molecule has 2 fully saturated rings. The van der Waals surface area contributed by atoms with Gasteiger partial charge in [0.25, 0.3) is 0 Å². The van der Waals surface area contributed by atoms with E-state index >= 15 is 0 Å². The second-order valence-electron chi connectivity index (χ2n) is 7.96. The summed E-state index contributed by atoms with van der Waals surface area (Å²) in [5.74, 6) is 0.479. The lowest BCUT2D eigenvalue weighted by Crippen LogP contribution is -2.47. The van der Waals surface area contributed by atoms with Crippen LogP contribution in [0.3, 0.4) is 0 Å². The number of guanidine groups is 1. The van der Waals surface area contributed by atoms with Crippen LogP contribution in [-0.2, 0) is 17.5 Å². The fourth-order valence-corrected chi connectivity index (χ4v) is 4.34. The zero-order valence-electron chi connectivity index (χ0n) is 17.7. The van der Waals surface area contributed by atoms with Crippen molar-refractivity contribution in [1.82, 2.24) is 20.4 Å². The molecule has 170 valence electrons. The molecule has 6 nitrogen and oxygen atoms in total. The highest BCUT2D eigenvalue weighted by atomic mass is 127. The number of nitrogens with one attached hydrogen (secondary N) is 2. The highest BCUT2D eigenvalue weighted by Gasteiger charge is 2.41. The molecule has 0 saturated carbocycles. The first-order chi connectivity index (χ1) is 14.2. The molecule has 3 atom stereocenters. The van der Waals surface area contributed by atoms with E-state index in [2.05, 4.69) is 20.7 Å². The first kappa shape index (κ1) is 23.8. The summed E-state index contributed by atoms with van der Waals surface area (Å²) in [6, 6.07) is 6.28. The van der Waals surface area contributed by atoms with Gasteiger partial charge in [-0.25, -0.2) is 4.68 Å². The molecular weight excluding hydrogens is 522 g/mol. The molecule has 0 amide bonds. The van der Waals surface area contributed by atoms with Gasteiger partial charge in [0.05, 0.1) is 35.2 Å². The minimum absolute atomic E-state index is 0.